The Kier molecular flexibility index (Phi) is 6.43. The van der Waals surface area contributed by atoms with Gasteiger partial charge in [0, 0.05) is 13.8 Å². The molecule has 1 aromatic carbocycles. The van der Waals surface area contributed by atoms with Crippen molar-refractivity contribution in [1.82, 2.24) is 0 Å². The summed E-state index contributed by atoms with van der Waals surface area (Å²) in [7, 11) is 1.55. The van der Waals surface area contributed by atoms with Crippen molar-refractivity contribution in [2.45, 2.75) is 51.6 Å². The molecule has 142 valence electrons. The van der Waals surface area contributed by atoms with Crippen molar-refractivity contribution in [3.05, 3.63) is 24.3 Å². The van der Waals surface area contributed by atoms with Gasteiger partial charge in [0.15, 0.2) is 12.2 Å². The van der Waals surface area contributed by atoms with Gasteiger partial charge in [-0.1, -0.05) is 6.92 Å². The van der Waals surface area contributed by atoms with Gasteiger partial charge in [0.25, 0.3) is 0 Å². The molecule has 1 saturated heterocycles. The first kappa shape index (κ1) is 19.6. The molecule has 0 aromatic heterocycles. The van der Waals surface area contributed by atoms with Crippen molar-refractivity contribution in [2.75, 3.05) is 7.11 Å². The van der Waals surface area contributed by atoms with Crippen LogP contribution in [-0.2, 0) is 28.6 Å². The second-order valence-corrected chi connectivity index (χ2v) is 5.75. The molecular weight excluding hydrogens is 344 g/mol. The molecule has 0 saturated carbocycles. The third kappa shape index (κ3) is 4.65. The number of cyclic esters (lactones) is 1. The molecule has 0 spiro atoms. The number of carbonyl (C=O) groups is 3. The first-order valence-electron chi connectivity index (χ1n) is 8.21. The van der Waals surface area contributed by atoms with E-state index in [2.05, 4.69) is 0 Å². The molecule has 26 heavy (non-hydrogen) atoms. The number of hydrogen-bond donors (Lipinski definition) is 0. The van der Waals surface area contributed by atoms with Gasteiger partial charge in [-0.2, -0.15) is 0 Å². The normalized spacial score (nSPS) is 25.0. The number of esters is 3. The highest BCUT2D eigenvalue weighted by Crippen LogP contribution is 2.29. The van der Waals surface area contributed by atoms with E-state index >= 15 is 0 Å². The van der Waals surface area contributed by atoms with E-state index in [1.807, 2.05) is 0 Å². The van der Waals surface area contributed by atoms with Gasteiger partial charge in [-0.25, -0.2) is 4.79 Å². The smallest absolute Gasteiger partial charge is 0.352 e. The van der Waals surface area contributed by atoms with Gasteiger partial charge in [0.05, 0.1) is 7.11 Å². The van der Waals surface area contributed by atoms with Crippen LogP contribution in [0.5, 0.6) is 11.5 Å². The Morgan fingerprint density at radius 1 is 1.00 bits per heavy atom. The number of methoxy groups -OCH3 is 1. The molecule has 0 radical (unpaired) electrons. The van der Waals surface area contributed by atoms with Crippen molar-refractivity contribution < 1.29 is 38.1 Å². The molecule has 1 aliphatic rings. The molecule has 1 fully saturated rings. The van der Waals surface area contributed by atoms with Gasteiger partial charge in [-0.05, 0) is 30.7 Å². The second-order valence-electron chi connectivity index (χ2n) is 5.75. The minimum absolute atomic E-state index is 0.428. The lowest BCUT2D eigenvalue weighted by atomic mass is 9.97. The van der Waals surface area contributed by atoms with E-state index in [1.165, 1.54) is 6.92 Å². The maximum absolute atomic E-state index is 12.2. The Balaban J connectivity index is 2.32. The van der Waals surface area contributed by atoms with Gasteiger partial charge < -0.3 is 23.7 Å². The number of rotatable bonds is 6. The Bertz CT molecular complexity index is 654. The van der Waals surface area contributed by atoms with Crippen LogP contribution in [0.25, 0.3) is 0 Å². The molecule has 1 heterocycles. The van der Waals surface area contributed by atoms with Crippen LogP contribution in [0.1, 0.15) is 27.2 Å². The van der Waals surface area contributed by atoms with Crippen molar-refractivity contribution in [2.24, 2.45) is 0 Å². The molecule has 8 heteroatoms. The van der Waals surface area contributed by atoms with Crippen molar-refractivity contribution in [3.8, 4) is 11.5 Å². The van der Waals surface area contributed by atoms with Crippen molar-refractivity contribution in [1.29, 1.82) is 0 Å². The molecule has 1 aliphatic heterocycles. The number of carbonyl (C=O) groups excluding carboxylic acids is 3. The molecule has 1 aromatic rings. The standard InChI is InChI=1S/C18H22O8/c1-5-14-15(25-13-8-6-12(22-4)7-9-13)16(23-10(2)19)17(18(21)26-14)24-11(3)20/h6-9,14-17H,5H2,1-4H3/t14-,15-,16-,17-/m0/s1. The summed E-state index contributed by atoms with van der Waals surface area (Å²) in [4.78, 5) is 35.1. The van der Waals surface area contributed by atoms with Gasteiger partial charge in [-0.15, -0.1) is 0 Å². The van der Waals surface area contributed by atoms with Crippen LogP contribution in [0.15, 0.2) is 24.3 Å². The topological polar surface area (TPSA) is 97.4 Å². The highest BCUT2D eigenvalue weighted by atomic mass is 16.7. The summed E-state index contributed by atoms with van der Waals surface area (Å²) >= 11 is 0. The summed E-state index contributed by atoms with van der Waals surface area (Å²) in [5, 5.41) is 0. The average Bonchev–Trinajstić information content (AvgIpc) is 2.60. The Morgan fingerprint density at radius 2 is 1.58 bits per heavy atom. The van der Waals surface area contributed by atoms with Crippen LogP contribution in [0.3, 0.4) is 0 Å². The molecular formula is C18H22O8. The lowest BCUT2D eigenvalue weighted by Crippen LogP contribution is -2.60. The average molecular weight is 366 g/mol. The van der Waals surface area contributed by atoms with Crippen molar-refractivity contribution in [3.63, 3.8) is 0 Å². The summed E-state index contributed by atoms with van der Waals surface area (Å²) in [5.74, 6) is -0.977. The third-order valence-corrected chi connectivity index (χ3v) is 3.82. The van der Waals surface area contributed by atoms with E-state index < -0.39 is 42.3 Å². The molecule has 4 atom stereocenters. The van der Waals surface area contributed by atoms with Crippen LogP contribution in [0, 0.1) is 0 Å². The maximum Gasteiger partial charge on any atom is 0.352 e. The lowest BCUT2D eigenvalue weighted by Gasteiger charge is -2.39. The number of hydrogen-bond acceptors (Lipinski definition) is 8. The van der Waals surface area contributed by atoms with Crippen LogP contribution in [-0.4, -0.2) is 49.4 Å². The Labute approximate surface area is 151 Å². The predicted molar refractivity (Wildman–Crippen MR) is 88.7 cm³/mol. The summed E-state index contributed by atoms with van der Waals surface area (Å²) in [6.07, 6.45) is -3.58. The second kappa shape index (κ2) is 8.55. The minimum atomic E-state index is -1.39. The SMILES string of the molecule is CC[C@@H]1OC(=O)[C@@H](OC(C)=O)[C@@H](OC(C)=O)[C@H]1Oc1ccc(OC)cc1. The lowest BCUT2D eigenvalue weighted by molar-refractivity contribution is -0.215. The fraction of sp³-hybridized carbons (Fsp3) is 0.500. The van der Waals surface area contributed by atoms with Crippen LogP contribution in [0.2, 0.25) is 0 Å². The van der Waals surface area contributed by atoms with E-state index in [0.29, 0.717) is 17.9 Å². The van der Waals surface area contributed by atoms with Gasteiger partial charge >= 0.3 is 17.9 Å². The number of ether oxygens (including phenoxy) is 5. The first-order chi connectivity index (χ1) is 12.3. The predicted octanol–water partition coefficient (Wildman–Crippen LogP) is 1.64. The fourth-order valence-electron chi connectivity index (χ4n) is 2.69. The van der Waals surface area contributed by atoms with Gasteiger partial charge in [0.1, 0.15) is 17.6 Å². The zero-order chi connectivity index (χ0) is 19.3. The van der Waals surface area contributed by atoms with Gasteiger partial charge in [0.2, 0.25) is 6.10 Å². The zero-order valence-corrected chi connectivity index (χ0v) is 15.1. The molecule has 0 bridgehead atoms. The Morgan fingerprint density at radius 3 is 2.08 bits per heavy atom. The van der Waals surface area contributed by atoms with Crippen LogP contribution >= 0.6 is 0 Å². The van der Waals surface area contributed by atoms with E-state index in [9.17, 15) is 14.4 Å². The van der Waals surface area contributed by atoms with Crippen LogP contribution < -0.4 is 9.47 Å². The summed E-state index contributed by atoms with van der Waals surface area (Å²) in [6.45, 7) is 4.17. The molecule has 8 nitrogen and oxygen atoms in total. The zero-order valence-electron chi connectivity index (χ0n) is 15.1. The van der Waals surface area contributed by atoms with Crippen LogP contribution in [0.4, 0.5) is 0 Å². The van der Waals surface area contributed by atoms with Gasteiger partial charge in [-0.3, -0.25) is 9.59 Å². The Hall–Kier alpha value is -2.77. The summed E-state index contributed by atoms with van der Waals surface area (Å²) in [6, 6.07) is 6.76. The van der Waals surface area contributed by atoms with E-state index in [1.54, 1.807) is 38.3 Å². The number of benzene rings is 1. The largest absolute Gasteiger partial charge is 0.497 e. The van der Waals surface area contributed by atoms with E-state index in [-0.39, 0.29) is 0 Å². The quantitative estimate of drug-likeness (QED) is 0.554. The first-order valence-corrected chi connectivity index (χ1v) is 8.21. The van der Waals surface area contributed by atoms with Crippen molar-refractivity contribution >= 4 is 17.9 Å². The van der Waals surface area contributed by atoms with E-state index in [4.69, 9.17) is 23.7 Å². The van der Waals surface area contributed by atoms with E-state index in [0.717, 1.165) is 6.92 Å². The third-order valence-electron chi connectivity index (χ3n) is 3.82. The highest BCUT2D eigenvalue weighted by molar-refractivity contribution is 5.81. The maximum atomic E-state index is 12.2. The highest BCUT2D eigenvalue weighted by Gasteiger charge is 2.51. The minimum Gasteiger partial charge on any atom is -0.497 e. The summed E-state index contributed by atoms with van der Waals surface area (Å²) in [5.41, 5.74) is 0. The monoisotopic (exact) mass is 366 g/mol. The summed E-state index contributed by atoms with van der Waals surface area (Å²) < 4.78 is 26.7. The molecule has 0 N–H and O–H groups in total. The molecule has 0 unspecified atom stereocenters. The molecule has 0 amide bonds. The molecule has 0 aliphatic carbocycles. The fourth-order valence-corrected chi connectivity index (χ4v) is 2.69. The molecule has 2 rings (SSSR count).